The van der Waals surface area contributed by atoms with E-state index in [1.807, 2.05) is 36.9 Å². The van der Waals surface area contributed by atoms with E-state index >= 15 is 0 Å². The summed E-state index contributed by atoms with van der Waals surface area (Å²) in [6, 6.07) is 24.1. The molecule has 4 rings (SSSR count). The van der Waals surface area contributed by atoms with Crippen LogP contribution in [0, 0.1) is 5.92 Å². The van der Waals surface area contributed by atoms with Gasteiger partial charge in [-0.2, -0.15) is 0 Å². The Labute approximate surface area is 218 Å². The fourth-order valence-electron chi connectivity index (χ4n) is 4.56. The molecule has 192 valence electrons. The average Bonchev–Trinajstić information content (AvgIpc) is 2.94. The van der Waals surface area contributed by atoms with Crippen molar-refractivity contribution in [1.82, 2.24) is 4.90 Å². The number of anilines is 3. The molecule has 1 fully saturated rings. The van der Waals surface area contributed by atoms with Crippen LogP contribution in [0.15, 0.2) is 78.9 Å². The largest absolute Gasteiger partial charge is 0.368 e. The summed E-state index contributed by atoms with van der Waals surface area (Å²) in [7, 11) is 0. The molecule has 0 saturated carbocycles. The summed E-state index contributed by atoms with van der Waals surface area (Å²) in [5.41, 5.74) is 3.20. The van der Waals surface area contributed by atoms with Crippen molar-refractivity contribution in [1.29, 1.82) is 0 Å². The van der Waals surface area contributed by atoms with Crippen LogP contribution in [0.3, 0.4) is 0 Å². The quantitative estimate of drug-likeness (QED) is 0.443. The summed E-state index contributed by atoms with van der Waals surface area (Å²) in [6.45, 7) is 6.72. The number of rotatable bonds is 8. The topological polar surface area (TPSA) is 81.8 Å². The summed E-state index contributed by atoms with van der Waals surface area (Å²) in [5.74, 6) is -0.451. The number of nitrogens with one attached hydrogen (secondary N) is 2. The van der Waals surface area contributed by atoms with Crippen LogP contribution in [0.2, 0.25) is 0 Å². The van der Waals surface area contributed by atoms with Crippen molar-refractivity contribution < 1.29 is 14.4 Å². The number of para-hydroxylation sites is 2. The minimum Gasteiger partial charge on any atom is -0.368 e. The van der Waals surface area contributed by atoms with Gasteiger partial charge in [-0.1, -0.05) is 44.2 Å². The Morgan fingerprint density at radius 3 is 2.03 bits per heavy atom. The lowest BCUT2D eigenvalue weighted by molar-refractivity contribution is -0.120. The van der Waals surface area contributed by atoms with Crippen LogP contribution in [-0.4, -0.2) is 48.8 Å². The summed E-state index contributed by atoms with van der Waals surface area (Å²) in [5, 5.41) is 5.80. The van der Waals surface area contributed by atoms with E-state index < -0.39 is 0 Å². The molecule has 1 saturated heterocycles. The summed E-state index contributed by atoms with van der Waals surface area (Å²) < 4.78 is 0. The smallest absolute Gasteiger partial charge is 0.256 e. The molecule has 7 heteroatoms. The van der Waals surface area contributed by atoms with Gasteiger partial charge in [0.25, 0.3) is 11.8 Å². The van der Waals surface area contributed by atoms with Crippen LogP contribution in [-0.2, 0) is 4.79 Å². The zero-order valence-electron chi connectivity index (χ0n) is 21.4. The average molecular weight is 499 g/mol. The Balaban J connectivity index is 1.39. The highest BCUT2D eigenvalue weighted by Crippen LogP contribution is 2.22. The number of nitrogens with zero attached hydrogens (tertiary/aromatic N) is 2. The Bertz CT molecular complexity index is 1220. The minimum absolute atomic E-state index is 0.0146. The van der Waals surface area contributed by atoms with Crippen LogP contribution < -0.4 is 15.5 Å². The monoisotopic (exact) mass is 498 g/mol. The molecule has 2 N–H and O–H groups in total. The van der Waals surface area contributed by atoms with Crippen molar-refractivity contribution >= 4 is 34.8 Å². The molecule has 3 amide bonds. The molecule has 7 nitrogen and oxygen atoms in total. The van der Waals surface area contributed by atoms with E-state index in [0.29, 0.717) is 35.6 Å². The SMILES string of the molecule is CCC(CC)C(=O)Nc1ccc(C(=O)Nc2ccccc2C(=O)N2CCN(c3ccccc3)CC2)cc1. The van der Waals surface area contributed by atoms with Gasteiger partial charge in [-0.05, 0) is 61.4 Å². The Kier molecular flexibility index (Phi) is 8.56. The van der Waals surface area contributed by atoms with Gasteiger partial charge in [0, 0.05) is 49.0 Å². The number of piperazine rings is 1. The molecule has 0 atom stereocenters. The lowest BCUT2D eigenvalue weighted by atomic mass is 10.0. The maximum atomic E-state index is 13.3. The van der Waals surface area contributed by atoms with Crippen molar-refractivity contribution in [3.63, 3.8) is 0 Å². The fourth-order valence-corrected chi connectivity index (χ4v) is 4.56. The van der Waals surface area contributed by atoms with Crippen LogP contribution in [0.1, 0.15) is 47.4 Å². The second kappa shape index (κ2) is 12.2. The molecule has 0 radical (unpaired) electrons. The molecule has 0 aliphatic carbocycles. The van der Waals surface area contributed by atoms with Gasteiger partial charge in [0.2, 0.25) is 5.91 Å². The van der Waals surface area contributed by atoms with Gasteiger partial charge in [-0.3, -0.25) is 14.4 Å². The Morgan fingerprint density at radius 1 is 0.757 bits per heavy atom. The molecule has 37 heavy (non-hydrogen) atoms. The predicted molar refractivity (Wildman–Crippen MR) is 148 cm³/mol. The van der Waals surface area contributed by atoms with E-state index in [1.54, 1.807) is 48.5 Å². The van der Waals surface area contributed by atoms with Gasteiger partial charge in [-0.25, -0.2) is 0 Å². The number of amides is 3. The molecule has 0 spiro atoms. The number of hydrogen-bond acceptors (Lipinski definition) is 4. The van der Waals surface area contributed by atoms with Crippen molar-refractivity contribution in [2.24, 2.45) is 5.92 Å². The van der Waals surface area contributed by atoms with E-state index in [0.717, 1.165) is 31.6 Å². The molecule has 1 heterocycles. The first-order chi connectivity index (χ1) is 18.0. The lowest BCUT2D eigenvalue weighted by Gasteiger charge is -2.36. The second-order valence-electron chi connectivity index (χ2n) is 9.19. The van der Waals surface area contributed by atoms with Gasteiger partial charge < -0.3 is 20.4 Å². The summed E-state index contributed by atoms with van der Waals surface area (Å²) in [4.78, 5) is 42.8. The first-order valence-electron chi connectivity index (χ1n) is 12.9. The van der Waals surface area contributed by atoms with Crippen LogP contribution in [0.4, 0.5) is 17.1 Å². The van der Waals surface area contributed by atoms with Gasteiger partial charge in [0.1, 0.15) is 0 Å². The van der Waals surface area contributed by atoms with Crippen molar-refractivity contribution in [2.75, 3.05) is 41.7 Å². The Morgan fingerprint density at radius 2 is 1.38 bits per heavy atom. The third kappa shape index (κ3) is 6.36. The molecule has 0 bridgehead atoms. The van der Waals surface area contributed by atoms with Crippen LogP contribution in [0.5, 0.6) is 0 Å². The molecular formula is C30H34N4O3. The molecule has 3 aromatic rings. The number of carbonyl (C=O) groups excluding carboxylic acids is 3. The number of benzene rings is 3. The molecule has 0 aromatic heterocycles. The lowest BCUT2D eigenvalue weighted by Crippen LogP contribution is -2.48. The highest BCUT2D eigenvalue weighted by Gasteiger charge is 2.24. The van der Waals surface area contributed by atoms with E-state index in [9.17, 15) is 14.4 Å². The van der Waals surface area contributed by atoms with Gasteiger partial charge in [0.05, 0.1) is 11.3 Å². The highest BCUT2D eigenvalue weighted by molar-refractivity contribution is 6.09. The first kappa shape index (κ1) is 25.9. The van der Waals surface area contributed by atoms with Gasteiger partial charge >= 0.3 is 0 Å². The Hall–Kier alpha value is -4.13. The predicted octanol–water partition coefficient (Wildman–Crippen LogP) is 5.28. The molecule has 0 unspecified atom stereocenters. The number of carbonyl (C=O) groups is 3. The third-order valence-corrected chi connectivity index (χ3v) is 6.86. The minimum atomic E-state index is -0.313. The summed E-state index contributed by atoms with van der Waals surface area (Å²) in [6.07, 6.45) is 1.56. The van der Waals surface area contributed by atoms with E-state index in [4.69, 9.17) is 0 Å². The van der Waals surface area contributed by atoms with Crippen molar-refractivity contribution in [2.45, 2.75) is 26.7 Å². The normalized spacial score (nSPS) is 13.4. The standard InChI is InChI=1S/C30H34N4O3/c1-3-22(4-2)28(35)31-24-16-14-23(15-17-24)29(36)32-27-13-9-8-12-26(27)30(37)34-20-18-33(19-21-34)25-10-6-5-7-11-25/h5-17,22H,3-4,18-21H2,1-2H3,(H,31,35)(H,32,36). The summed E-state index contributed by atoms with van der Waals surface area (Å²) >= 11 is 0. The highest BCUT2D eigenvalue weighted by atomic mass is 16.2. The third-order valence-electron chi connectivity index (χ3n) is 6.86. The first-order valence-corrected chi connectivity index (χ1v) is 12.9. The van der Waals surface area contributed by atoms with E-state index in [2.05, 4.69) is 27.7 Å². The van der Waals surface area contributed by atoms with Crippen LogP contribution >= 0.6 is 0 Å². The molecule has 1 aliphatic rings. The molecule has 1 aliphatic heterocycles. The van der Waals surface area contributed by atoms with E-state index in [-0.39, 0.29) is 23.6 Å². The fraction of sp³-hybridized carbons (Fsp3) is 0.300. The second-order valence-corrected chi connectivity index (χ2v) is 9.19. The van der Waals surface area contributed by atoms with E-state index in [1.165, 1.54) is 0 Å². The van der Waals surface area contributed by atoms with Gasteiger partial charge in [-0.15, -0.1) is 0 Å². The molecular weight excluding hydrogens is 464 g/mol. The van der Waals surface area contributed by atoms with Gasteiger partial charge in [0.15, 0.2) is 0 Å². The van der Waals surface area contributed by atoms with Crippen LogP contribution in [0.25, 0.3) is 0 Å². The zero-order chi connectivity index (χ0) is 26.2. The number of hydrogen-bond donors (Lipinski definition) is 2. The molecule has 3 aromatic carbocycles. The van der Waals surface area contributed by atoms with Crippen molar-refractivity contribution in [3.8, 4) is 0 Å². The zero-order valence-corrected chi connectivity index (χ0v) is 21.4. The maximum Gasteiger partial charge on any atom is 0.256 e. The maximum absolute atomic E-state index is 13.3. The van der Waals surface area contributed by atoms with Crippen molar-refractivity contribution in [3.05, 3.63) is 90.0 Å².